The summed E-state index contributed by atoms with van der Waals surface area (Å²) in [5.41, 5.74) is 1.78. The van der Waals surface area contributed by atoms with Gasteiger partial charge in [0.2, 0.25) is 0 Å². The van der Waals surface area contributed by atoms with Gasteiger partial charge in [-0.05, 0) is 60.5 Å². The monoisotopic (exact) mass is 401 g/mol. The number of nitrogens with one attached hydrogen (secondary N) is 1. The smallest absolute Gasteiger partial charge is 0.266 e. The fourth-order valence-electron chi connectivity index (χ4n) is 2.75. The van der Waals surface area contributed by atoms with Crippen molar-refractivity contribution in [1.82, 2.24) is 0 Å². The van der Waals surface area contributed by atoms with Crippen molar-refractivity contribution >= 4 is 23.6 Å². The summed E-state index contributed by atoms with van der Waals surface area (Å²) in [6.45, 7) is 1.81. The summed E-state index contributed by atoms with van der Waals surface area (Å²) in [5, 5.41) is 23.1. The predicted octanol–water partition coefficient (Wildman–Crippen LogP) is 3.17. The number of carboxylic acids is 1. The van der Waals surface area contributed by atoms with Gasteiger partial charge < -0.3 is 24.4 Å². The van der Waals surface area contributed by atoms with E-state index in [1.807, 2.05) is 13.0 Å². The number of anilines is 1. The lowest BCUT2D eigenvalue weighted by Crippen LogP contribution is -2.22. The van der Waals surface area contributed by atoms with Crippen LogP contribution in [0.1, 0.15) is 21.7 Å². The number of ether oxygens (including phenoxy) is 1. The molecule has 7 heteroatoms. The van der Waals surface area contributed by atoms with Gasteiger partial charge in [0.05, 0.1) is 13.1 Å². The highest BCUT2D eigenvalue weighted by Crippen LogP contribution is 2.27. The number of carbonyl (C=O) groups is 2. The van der Waals surface area contributed by atoms with E-state index in [1.165, 1.54) is 25.3 Å². The fourth-order valence-corrected chi connectivity index (χ4v) is 2.75. The Balaban J connectivity index is 1.83. The minimum absolute atomic E-state index is 0.0284. The van der Waals surface area contributed by atoms with Crippen LogP contribution in [-0.4, -0.2) is 19.0 Å². The van der Waals surface area contributed by atoms with Gasteiger partial charge in [0.1, 0.15) is 28.9 Å². The van der Waals surface area contributed by atoms with Gasteiger partial charge in [-0.15, -0.1) is 0 Å². The minimum atomic E-state index is -1.29. The van der Waals surface area contributed by atoms with Crippen LogP contribution in [0.3, 0.4) is 0 Å². The number of nitriles is 1. The number of nitrogens with zero attached hydrogens (tertiary/aromatic N) is 1. The van der Waals surface area contributed by atoms with Crippen molar-refractivity contribution in [3.63, 3.8) is 0 Å². The Hall–Kier alpha value is -4.31. The number of aromatic carboxylic acids is 1. The molecular formula is C23H17N2O5-. The van der Waals surface area contributed by atoms with E-state index in [0.29, 0.717) is 22.8 Å². The molecule has 2 aromatic carbocycles. The molecule has 1 heterocycles. The van der Waals surface area contributed by atoms with Crippen LogP contribution in [0.4, 0.5) is 5.69 Å². The highest BCUT2D eigenvalue weighted by Gasteiger charge is 2.13. The normalized spacial score (nSPS) is 10.9. The quantitative estimate of drug-likeness (QED) is 0.501. The molecule has 0 aliphatic rings. The first-order valence-corrected chi connectivity index (χ1v) is 8.90. The SMILES string of the molecule is COc1ccc(NC(=O)/C(C#N)=C\c2ccc(-c3cc(C(=O)[O-])ccc3C)o2)cc1. The molecule has 0 spiro atoms. The van der Waals surface area contributed by atoms with E-state index in [9.17, 15) is 20.0 Å². The molecule has 7 nitrogen and oxygen atoms in total. The highest BCUT2D eigenvalue weighted by atomic mass is 16.5. The third-order valence-electron chi connectivity index (χ3n) is 4.37. The lowest BCUT2D eigenvalue weighted by Gasteiger charge is -2.07. The summed E-state index contributed by atoms with van der Waals surface area (Å²) in [7, 11) is 1.54. The number of hydrogen-bond acceptors (Lipinski definition) is 6. The van der Waals surface area contributed by atoms with Crippen LogP contribution in [0.25, 0.3) is 17.4 Å². The summed E-state index contributed by atoms with van der Waals surface area (Å²) in [5.74, 6) is -0.537. The number of hydrogen-bond donors (Lipinski definition) is 1. The van der Waals surface area contributed by atoms with E-state index >= 15 is 0 Å². The first-order chi connectivity index (χ1) is 14.4. The lowest BCUT2D eigenvalue weighted by molar-refractivity contribution is -0.255. The number of methoxy groups -OCH3 is 1. The largest absolute Gasteiger partial charge is 0.545 e. The number of carbonyl (C=O) groups excluding carboxylic acids is 2. The fraction of sp³-hybridized carbons (Fsp3) is 0.0870. The molecule has 0 saturated carbocycles. The third kappa shape index (κ3) is 4.56. The van der Waals surface area contributed by atoms with Gasteiger partial charge in [0.25, 0.3) is 5.91 Å². The molecule has 0 aliphatic carbocycles. The maximum absolute atomic E-state index is 12.4. The molecule has 0 atom stereocenters. The number of carboxylic acid groups (broad SMARTS) is 1. The molecule has 0 unspecified atom stereocenters. The van der Waals surface area contributed by atoms with Gasteiger partial charge in [0.15, 0.2) is 0 Å². The Labute approximate surface area is 172 Å². The van der Waals surface area contributed by atoms with E-state index < -0.39 is 11.9 Å². The second kappa shape index (κ2) is 8.80. The van der Waals surface area contributed by atoms with Gasteiger partial charge >= 0.3 is 0 Å². The molecule has 150 valence electrons. The van der Waals surface area contributed by atoms with Gasteiger partial charge in [-0.2, -0.15) is 5.26 Å². The van der Waals surface area contributed by atoms with E-state index in [0.717, 1.165) is 5.56 Å². The van der Waals surface area contributed by atoms with Crippen molar-refractivity contribution in [3.05, 3.63) is 77.1 Å². The van der Waals surface area contributed by atoms with E-state index in [1.54, 1.807) is 42.5 Å². The molecule has 30 heavy (non-hydrogen) atoms. The number of furan rings is 1. The van der Waals surface area contributed by atoms with Crippen LogP contribution in [0, 0.1) is 18.3 Å². The Morgan fingerprint density at radius 2 is 1.87 bits per heavy atom. The second-order valence-corrected chi connectivity index (χ2v) is 6.37. The zero-order valence-corrected chi connectivity index (χ0v) is 16.3. The lowest BCUT2D eigenvalue weighted by atomic mass is 10.0. The second-order valence-electron chi connectivity index (χ2n) is 6.37. The Morgan fingerprint density at radius 1 is 1.13 bits per heavy atom. The highest BCUT2D eigenvalue weighted by molar-refractivity contribution is 6.09. The first-order valence-electron chi connectivity index (χ1n) is 8.90. The molecule has 0 aliphatic heterocycles. The van der Waals surface area contributed by atoms with Gasteiger partial charge in [0, 0.05) is 17.3 Å². The molecule has 0 radical (unpaired) electrons. The molecule has 3 aromatic rings. The van der Waals surface area contributed by atoms with Crippen LogP contribution >= 0.6 is 0 Å². The summed E-state index contributed by atoms with van der Waals surface area (Å²) >= 11 is 0. The first kappa shape index (κ1) is 20.4. The maximum Gasteiger partial charge on any atom is 0.266 e. The summed E-state index contributed by atoms with van der Waals surface area (Å²) in [4.78, 5) is 23.5. The van der Waals surface area contributed by atoms with Crippen molar-refractivity contribution in [3.8, 4) is 23.1 Å². The zero-order valence-electron chi connectivity index (χ0n) is 16.3. The van der Waals surface area contributed by atoms with E-state index in [-0.39, 0.29) is 16.9 Å². The number of benzene rings is 2. The summed E-state index contributed by atoms with van der Waals surface area (Å²) in [6, 6.07) is 16.3. The van der Waals surface area contributed by atoms with Crippen LogP contribution in [0.5, 0.6) is 5.75 Å². The van der Waals surface area contributed by atoms with Crippen LogP contribution in [-0.2, 0) is 4.79 Å². The molecule has 0 fully saturated rings. The maximum atomic E-state index is 12.4. The van der Waals surface area contributed by atoms with Crippen molar-refractivity contribution < 1.29 is 23.8 Å². The molecule has 1 aromatic heterocycles. The number of amides is 1. The third-order valence-corrected chi connectivity index (χ3v) is 4.37. The minimum Gasteiger partial charge on any atom is -0.545 e. The van der Waals surface area contributed by atoms with Crippen molar-refractivity contribution in [1.29, 1.82) is 5.26 Å². The summed E-state index contributed by atoms with van der Waals surface area (Å²) < 4.78 is 10.8. The molecule has 1 N–H and O–H groups in total. The van der Waals surface area contributed by atoms with Crippen LogP contribution in [0.15, 0.2) is 64.6 Å². The van der Waals surface area contributed by atoms with Crippen LogP contribution < -0.4 is 15.2 Å². The van der Waals surface area contributed by atoms with Crippen molar-refractivity contribution in [2.75, 3.05) is 12.4 Å². The average molecular weight is 401 g/mol. The van der Waals surface area contributed by atoms with Crippen molar-refractivity contribution in [2.24, 2.45) is 0 Å². The topological polar surface area (TPSA) is 115 Å². The molecule has 3 rings (SSSR count). The van der Waals surface area contributed by atoms with Crippen molar-refractivity contribution in [2.45, 2.75) is 6.92 Å². The Morgan fingerprint density at radius 3 is 2.50 bits per heavy atom. The molecule has 0 saturated heterocycles. The zero-order chi connectivity index (χ0) is 21.7. The van der Waals surface area contributed by atoms with E-state index in [4.69, 9.17) is 9.15 Å². The molecule has 1 amide bonds. The number of aryl methyl sites for hydroxylation is 1. The van der Waals surface area contributed by atoms with E-state index in [2.05, 4.69) is 5.32 Å². The Kier molecular flexibility index (Phi) is 5.99. The number of rotatable bonds is 6. The standard InChI is InChI=1S/C23H18N2O5/c1-14-3-4-15(23(27)28)12-20(14)21-10-9-19(30-21)11-16(13-24)22(26)25-17-5-7-18(29-2)8-6-17/h3-12H,1-2H3,(H,25,26)(H,27,28)/p-1/b16-11-. The average Bonchev–Trinajstić information content (AvgIpc) is 3.21. The van der Waals surface area contributed by atoms with Crippen LogP contribution in [0.2, 0.25) is 0 Å². The van der Waals surface area contributed by atoms with Gasteiger partial charge in [-0.1, -0.05) is 12.1 Å². The predicted molar refractivity (Wildman–Crippen MR) is 108 cm³/mol. The van der Waals surface area contributed by atoms with Gasteiger partial charge in [-0.3, -0.25) is 4.79 Å². The Bertz CT molecular complexity index is 1170. The summed E-state index contributed by atoms with van der Waals surface area (Å²) in [6.07, 6.45) is 1.32. The molecular weight excluding hydrogens is 384 g/mol. The molecule has 0 bridgehead atoms. The van der Waals surface area contributed by atoms with Gasteiger partial charge in [-0.25, -0.2) is 0 Å².